The van der Waals surface area contributed by atoms with Gasteiger partial charge in [0.05, 0.1) is 17.1 Å². The van der Waals surface area contributed by atoms with Gasteiger partial charge in [0.25, 0.3) is 0 Å². The van der Waals surface area contributed by atoms with E-state index in [-0.39, 0.29) is 0 Å². The van der Waals surface area contributed by atoms with E-state index >= 15 is 0 Å². The van der Waals surface area contributed by atoms with Gasteiger partial charge in [-0.15, -0.1) is 0 Å². The van der Waals surface area contributed by atoms with Gasteiger partial charge < -0.3 is 19.1 Å². The lowest BCUT2D eigenvalue weighted by Gasteiger charge is -2.30. The van der Waals surface area contributed by atoms with Crippen molar-refractivity contribution in [2.45, 2.75) is 6.92 Å². The second kappa shape index (κ2) is 5.89. The van der Waals surface area contributed by atoms with E-state index in [1.807, 2.05) is 0 Å². The van der Waals surface area contributed by atoms with Crippen LogP contribution in [0.2, 0.25) is 0 Å². The molecule has 0 spiro atoms. The molecule has 0 radical (unpaired) electrons. The summed E-state index contributed by atoms with van der Waals surface area (Å²) in [5.41, 5.74) is 10.1. The van der Waals surface area contributed by atoms with Gasteiger partial charge >= 0.3 is 0 Å². The zero-order chi connectivity index (χ0) is 23.3. The molecule has 0 saturated heterocycles. The molecule has 170 valence electrons. The van der Waals surface area contributed by atoms with Crippen LogP contribution in [0.25, 0.3) is 31.3 Å². The van der Waals surface area contributed by atoms with Crippen molar-refractivity contribution < 1.29 is 4.42 Å². The fourth-order valence-electron chi connectivity index (χ4n) is 6.85. The lowest BCUT2D eigenvalue weighted by molar-refractivity contribution is 0.678. The Bertz CT molecular complexity index is 2080. The van der Waals surface area contributed by atoms with Gasteiger partial charge in [-0.25, -0.2) is 0 Å². The number of hydrogen-bond donors (Lipinski definition) is 0. The molecule has 1 atom stereocenters. The molecule has 4 aromatic carbocycles. The lowest BCUT2D eigenvalue weighted by Crippen LogP contribution is -2.29. The van der Waals surface area contributed by atoms with Crippen molar-refractivity contribution in [3.63, 3.8) is 0 Å². The van der Waals surface area contributed by atoms with E-state index in [1.165, 1.54) is 71.0 Å². The Hall–Kier alpha value is -3.92. The number of hydrogen-bond acceptors (Lipinski definition) is 5. The Labute approximate surface area is 211 Å². The molecule has 0 amide bonds. The summed E-state index contributed by atoms with van der Waals surface area (Å²) in [6.07, 6.45) is 4.49. The Balaban J connectivity index is 1.52. The summed E-state index contributed by atoms with van der Waals surface area (Å²) in [7, 11) is -1.26. The van der Waals surface area contributed by atoms with Crippen LogP contribution in [0, 0.1) is 6.92 Å². The van der Waals surface area contributed by atoms with Crippen molar-refractivity contribution >= 4 is 94.8 Å². The molecule has 6 aromatic rings. The van der Waals surface area contributed by atoms with E-state index in [4.69, 9.17) is 4.42 Å². The van der Waals surface area contributed by atoms with Crippen LogP contribution in [0.1, 0.15) is 5.56 Å². The molecule has 4 nitrogen and oxygen atoms in total. The molecule has 6 heteroatoms. The zero-order valence-corrected chi connectivity index (χ0v) is 21.1. The van der Waals surface area contributed by atoms with Gasteiger partial charge in [-0.05, 0) is 68.6 Å². The number of anilines is 5. The minimum Gasteiger partial charge on any atom is -0.445 e. The summed E-state index contributed by atoms with van der Waals surface area (Å²) in [6.45, 7) is 2.29. The maximum absolute atomic E-state index is 6.56. The summed E-state index contributed by atoms with van der Waals surface area (Å²) in [4.78, 5) is 8.40. The van der Waals surface area contributed by atoms with Gasteiger partial charge in [0, 0.05) is 55.2 Å². The first-order chi connectivity index (χ1) is 17.8. The number of benzene rings is 4. The van der Waals surface area contributed by atoms with Gasteiger partial charge in [-0.3, -0.25) is 0 Å². The van der Waals surface area contributed by atoms with E-state index in [1.54, 1.807) is 11.3 Å². The molecule has 4 aliphatic rings. The second-order valence-electron chi connectivity index (χ2n) is 9.86. The van der Waals surface area contributed by atoms with E-state index in [0.29, 0.717) is 0 Å². The third kappa shape index (κ3) is 1.86. The average Bonchev–Trinajstić information content (AvgIpc) is 3.67. The number of aryl methyl sites for hydroxylation is 1. The fourth-order valence-corrected chi connectivity index (χ4v) is 11.4. The first-order valence-corrected chi connectivity index (χ1v) is 14.5. The first-order valence-electron chi connectivity index (χ1n) is 12.2. The van der Waals surface area contributed by atoms with Crippen LogP contribution in [0.15, 0.2) is 89.6 Å². The predicted octanol–water partition coefficient (Wildman–Crippen LogP) is 7.27. The van der Waals surface area contributed by atoms with Crippen LogP contribution in [0.4, 0.5) is 28.4 Å². The van der Waals surface area contributed by atoms with E-state index in [2.05, 4.69) is 107 Å². The van der Waals surface area contributed by atoms with Crippen LogP contribution < -0.4 is 25.3 Å². The standard InChI is InChI=1S/C30H18N3OPS/c1-16-18-11-13-23-24(16)26-25-22(34-29(26)36-23)12-10-20-28(25)35-27-19(31-14-15-32(20)30(31)35)8-5-9-21(27)33(18)17-6-3-2-4-7-17/h2-15,35H,1H3. The highest BCUT2D eigenvalue weighted by Gasteiger charge is 2.44. The number of thiophene rings is 1. The largest absolute Gasteiger partial charge is 0.445 e. The summed E-state index contributed by atoms with van der Waals surface area (Å²) < 4.78 is 7.86. The van der Waals surface area contributed by atoms with E-state index < -0.39 is 7.55 Å². The first kappa shape index (κ1) is 18.4. The van der Waals surface area contributed by atoms with Crippen molar-refractivity contribution in [2.24, 2.45) is 0 Å². The smallest absolute Gasteiger partial charge is 0.190 e. The molecular weight excluding hydrogens is 481 g/mol. The van der Waals surface area contributed by atoms with Gasteiger partial charge in [-0.1, -0.05) is 35.6 Å². The quantitative estimate of drug-likeness (QED) is 0.222. The Morgan fingerprint density at radius 1 is 0.694 bits per heavy atom. The lowest BCUT2D eigenvalue weighted by atomic mass is 10.0. The molecule has 0 aliphatic carbocycles. The molecule has 0 saturated carbocycles. The fraction of sp³-hybridized carbons (Fsp3) is 0.0333. The molecule has 2 aromatic heterocycles. The highest BCUT2D eigenvalue weighted by Crippen LogP contribution is 2.57. The molecule has 36 heavy (non-hydrogen) atoms. The van der Waals surface area contributed by atoms with Crippen molar-refractivity contribution in [1.29, 1.82) is 0 Å². The monoisotopic (exact) mass is 499 g/mol. The predicted molar refractivity (Wildman–Crippen MR) is 155 cm³/mol. The third-order valence-corrected chi connectivity index (χ3v) is 12.2. The van der Waals surface area contributed by atoms with Gasteiger partial charge in [0.1, 0.15) is 11.1 Å². The highest BCUT2D eigenvalue weighted by molar-refractivity contribution is 7.77. The molecule has 0 fully saturated rings. The molecule has 6 heterocycles. The van der Waals surface area contributed by atoms with Gasteiger partial charge in [0.2, 0.25) is 0 Å². The summed E-state index contributed by atoms with van der Waals surface area (Å²) in [5, 5.41) is 6.91. The summed E-state index contributed by atoms with van der Waals surface area (Å²) >= 11 is 1.78. The van der Waals surface area contributed by atoms with E-state index in [9.17, 15) is 0 Å². The SMILES string of the molecule is Cc1c2ccc3sc4oc5ccc6c(c5c4c13)[PH]1=C3N(C=CN36)c3cccc(c31)N2c1ccccc1. The number of para-hydroxylation sites is 1. The molecule has 1 unspecified atom stereocenters. The maximum atomic E-state index is 6.56. The van der Waals surface area contributed by atoms with Gasteiger partial charge in [0.15, 0.2) is 4.90 Å². The van der Waals surface area contributed by atoms with Crippen molar-refractivity contribution in [3.8, 4) is 0 Å². The van der Waals surface area contributed by atoms with E-state index in [0.717, 1.165) is 10.5 Å². The molecular formula is C30H18N3OPS. The number of furan rings is 1. The number of nitrogens with zero attached hydrogens (tertiary/aromatic N) is 3. The number of fused-ring (bicyclic) bond motifs is 3. The summed E-state index contributed by atoms with van der Waals surface area (Å²) in [6, 6.07) is 26.7. The van der Waals surface area contributed by atoms with Crippen molar-refractivity contribution in [2.75, 3.05) is 14.7 Å². The Morgan fingerprint density at radius 3 is 2.33 bits per heavy atom. The molecule has 4 aliphatic heterocycles. The molecule has 0 N–H and O–H groups in total. The molecule has 2 bridgehead atoms. The minimum absolute atomic E-state index is 1.02. The average molecular weight is 500 g/mol. The van der Waals surface area contributed by atoms with Crippen LogP contribution in [-0.4, -0.2) is 5.54 Å². The van der Waals surface area contributed by atoms with Crippen molar-refractivity contribution in [3.05, 3.63) is 90.8 Å². The maximum Gasteiger partial charge on any atom is 0.190 e. The minimum atomic E-state index is -1.26. The van der Waals surface area contributed by atoms with Crippen LogP contribution in [0.3, 0.4) is 0 Å². The summed E-state index contributed by atoms with van der Waals surface area (Å²) in [5.74, 6) is 0. The number of rotatable bonds is 1. The zero-order valence-electron chi connectivity index (χ0n) is 19.2. The molecule has 10 rings (SSSR count). The Morgan fingerprint density at radius 2 is 1.47 bits per heavy atom. The van der Waals surface area contributed by atoms with Crippen LogP contribution in [-0.2, 0) is 0 Å². The topological polar surface area (TPSA) is 22.9 Å². The normalized spacial score (nSPS) is 18.1. The van der Waals surface area contributed by atoms with Crippen LogP contribution >= 0.6 is 18.9 Å². The van der Waals surface area contributed by atoms with Crippen LogP contribution in [0.5, 0.6) is 0 Å². The second-order valence-corrected chi connectivity index (χ2v) is 13.1. The van der Waals surface area contributed by atoms with Gasteiger partial charge in [-0.2, -0.15) is 0 Å². The highest BCUT2D eigenvalue weighted by atomic mass is 32.1. The van der Waals surface area contributed by atoms with Crippen molar-refractivity contribution in [1.82, 2.24) is 0 Å². The third-order valence-electron chi connectivity index (χ3n) is 8.23. The Kier molecular flexibility index (Phi) is 3.01.